The first-order chi connectivity index (χ1) is 11.2. The third kappa shape index (κ3) is 3.30. The molecule has 2 aromatic carbocycles. The first-order valence-corrected chi connectivity index (χ1v) is 7.59. The molecule has 23 heavy (non-hydrogen) atoms. The average molecular weight is 328 g/mol. The third-order valence-corrected chi connectivity index (χ3v) is 3.82. The Hall–Kier alpha value is -2.51. The number of carboxylic acids is 1. The molecule has 0 saturated heterocycles. The second-order valence-electron chi connectivity index (χ2n) is 4.97. The molecule has 0 bridgehead atoms. The number of benzene rings is 2. The Morgan fingerprint density at radius 1 is 1.22 bits per heavy atom. The van der Waals surface area contributed by atoms with Crippen LogP contribution in [0.5, 0.6) is 0 Å². The number of amidine groups is 1. The molecule has 0 spiro atoms. The maximum absolute atomic E-state index is 11.3. The highest BCUT2D eigenvalue weighted by Crippen LogP contribution is 2.15. The number of nitrogens with zero attached hydrogens (tertiary/aromatic N) is 2. The van der Waals surface area contributed by atoms with Crippen LogP contribution >= 0.6 is 12.6 Å². The Balaban J connectivity index is 1.77. The summed E-state index contributed by atoms with van der Waals surface area (Å²) in [4.78, 5) is 11.3. The third-order valence-electron chi connectivity index (χ3n) is 3.48. The molecule has 0 saturated carbocycles. The van der Waals surface area contributed by atoms with Gasteiger partial charge in [-0.15, -0.1) is 12.6 Å². The number of hydrogen-bond acceptors (Lipinski definition) is 6. The average Bonchev–Trinajstić information content (AvgIpc) is 2.94. The monoisotopic (exact) mass is 328 g/mol. The van der Waals surface area contributed by atoms with Crippen LogP contribution in [0.1, 0.15) is 21.5 Å². The first-order valence-electron chi connectivity index (χ1n) is 7.07. The van der Waals surface area contributed by atoms with Crippen molar-refractivity contribution in [1.29, 1.82) is 0 Å². The number of rotatable bonds is 5. The lowest BCUT2D eigenvalue weighted by atomic mass is 10.1. The van der Waals surface area contributed by atoms with Gasteiger partial charge in [-0.3, -0.25) is 10.4 Å². The van der Waals surface area contributed by atoms with E-state index in [1.54, 1.807) is 23.2 Å². The Bertz CT molecular complexity index is 736. The number of nitrogens with one attached hydrogen (secondary N) is 2. The number of aromatic carboxylic acids is 1. The fraction of sp³-hybridized carbons (Fsp3) is 0.125. The number of carboxylic acid groups (broad SMARTS) is 1. The normalized spacial score (nSPS) is 16.8. The summed E-state index contributed by atoms with van der Waals surface area (Å²) in [6.07, 6.45) is 0. The highest BCUT2D eigenvalue weighted by atomic mass is 32.1. The molecule has 1 heterocycles. The van der Waals surface area contributed by atoms with Crippen LogP contribution in [0.3, 0.4) is 0 Å². The van der Waals surface area contributed by atoms with Gasteiger partial charge in [0.25, 0.3) is 0 Å². The van der Waals surface area contributed by atoms with Gasteiger partial charge in [0, 0.05) is 12.1 Å². The molecule has 118 valence electrons. The molecule has 1 aliphatic rings. The fourth-order valence-electron chi connectivity index (χ4n) is 2.35. The molecule has 3 rings (SSSR count). The van der Waals surface area contributed by atoms with Crippen LogP contribution in [0.15, 0.2) is 59.7 Å². The molecule has 3 N–H and O–H groups in total. The molecule has 1 atom stereocenters. The Morgan fingerprint density at radius 3 is 2.65 bits per heavy atom. The first kappa shape index (κ1) is 15.4. The van der Waals surface area contributed by atoms with Crippen molar-refractivity contribution in [1.82, 2.24) is 15.9 Å². The molecule has 0 radical (unpaired) electrons. The standard InChI is InChI=1S/C16H16N4O2S/c21-15(22)13-9-5-4-8-12(13)10-17-20-14(18-19-16(20)23)11-6-2-1-3-7-11/h1-9,16-17,19,23H,10H2,(H,21,22). The second-order valence-corrected chi connectivity index (χ2v) is 5.46. The predicted octanol–water partition coefficient (Wildman–Crippen LogP) is 1.87. The summed E-state index contributed by atoms with van der Waals surface area (Å²) in [5.41, 5.74) is 7.66. The number of hydrogen-bond donors (Lipinski definition) is 4. The maximum atomic E-state index is 11.3. The zero-order valence-electron chi connectivity index (χ0n) is 12.2. The van der Waals surface area contributed by atoms with Crippen LogP contribution in [-0.4, -0.2) is 27.4 Å². The maximum Gasteiger partial charge on any atom is 0.336 e. The Morgan fingerprint density at radius 2 is 1.91 bits per heavy atom. The van der Waals surface area contributed by atoms with Crippen LogP contribution in [-0.2, 0) is 6.54 Å². The van der Waals surface area contributed by atoms with Gasteiger partial charge in [0.1, 0.15) is 0 Å². The van der Waals surface area contributed by atoms with E-state index in [0.29, 0.717) is 17.9 Å². The van der Waals surface area contributed by atoms with Gasteiger partial charge in [0.05, 0.1) is 5.56 Å². The van der Waals surface area contributed by atoms with Gasteiger partial charge >= 0.3 is 5.97 Å². The van der Waals surface area contributed by atoms with Gasteiger partial charge in [-0.25, -0.2) is 10.2 Å². The van der Waals surface area contributed by atoms with E-state index in [1.807, 2.05) is 36.4 Å². The van der Waals surface area contributed by atoms with Crippen molar-refractivity contribution in [3.63, 3.8) is 0 Å². The molecule has 7 heteroatoms. The van der Waals surface area contributed by atoms with E-state index < -0.39 is 5.97 Å². The Labute approximate surface area is 139 Å². The van der Waals surface area contributed by atoms with Gasteiger partial charge in [-0.05, 0) is 11.6 Å². The van der Waals surface area contributed by atoms with Crippen molar-refractivity contribution in [3.05, 3.63) is 71.3 Å². The topological polar surface area (TPSA) is 77.0 Å². The summed E-state index contributed by atoms with van der Waals surface area (Å²) in [6.45, 7) is 0.354. The minimum atomic E-state index is -0.943. The molecular formula is C16H16N4O2S. The van der Waals surface area contributed by atoms with E-state index in [0.717, 1.165) is 5.56 Å². The molecule has 1 aliphatic heterocycles. The van der Waals surface area contributed by atoms with Gasteiger partial charge in [-0.2, -0.15) is 5.10 Å². The van der Waals surface area contributed by atoms with E-state index in [4.69, 9.17) is 0 Å². The van der Waals surface area contributed by atoms with Crippen molar-refractivity contribution in [3.8, 4) is 0 Å². The number of thiol groups is 1. The largest absolute Gasteiger partial charge is 0.478 e. The minimum absolute atomic E-state index is 0.279. The SMILES string of the molecule is O=C(O)c1ccccc1CNN1C(c2ccccc2)=NNC1S. The van der Waals surface area contributed by atoms with E-state index in [1.165, 1.54) is 0 Å². The van der Waals surface area contributed by atoms with E-state index in [9.17, 15) is 9.90 Å². The molecule has 2 aromatic rings. The quantitative estimate of drug-likeness (QED) is 0.631. The molecule has 0 fully saturated rings. The van der Waals surface area contributed by atoms with Crippen LogP contribution < -0.4 is 10.9 Å². The number of carbonyl (C=O) groups is 1. The van der Waals surface area contributed by atoms with E-state index in [2.05, 4.69) is 28.6 Å². The van der Waals surface area contributed by atoms with Crippen LogP contribution in [0.4, 0.5) is 0 Å². The number of hydrazine groups is 1. The van der Waals surface area contributed by atoms with Crippen molar-refractivity contribution in [2.45, 2.75) is 12.0 Å². The summed E-state index contributed by atoms with van der Waals surface area (Å²) >= 11 is 4.43. The van der Waals surface area contributed by atoms with Gasteiger partial charge < -0.3 is 5.11 Å². The molecule has 0 aromatic heterocycles. The summed E-state index contributed by atoms with van der Waals surface area (Å²) in [7, 11) is 0. The van der Waals surface area contributed by atoms with E-state index >= 15 is 0 Å². The van der Waals surface area contributed by atoms with E-state index in [-0.39, 0.29) is 11.1 Å². The van der Waals surface area contributed by atoms with Crippen LogP contribution in [0.2, 0.25) is 0 Å². The zero-order valence-corrected chi connectivity index (χ0v) is 13.1. The summed E-state index contributed by atoms with van der Waals surface area (Å²) in [6, 6.07) is 16.6. The van der Waals surface area contributed by atoms with Gasteiger partial charge in [-0.1, -0.05) is 48.5 Å². The highest BCUT2D eigenvalue weighted by molar-refractivity contribution is 7.80. The van der Waals surface area contributed by atoms with Crippen molar-refractivity contribution < 1.29 is 9.90 Å². The van der Waals surface area contributed by atoms with Crippen molar-refractivity contribution in [2.75, 3.05) is 0 Å². The van der Waals surface area contributed by atoms with Crippen LogP contribution in [0, 0.1) is 0 Å². The fourth-order valence-corrected chi connectivity index (χ4v) is 2.60. The summed E-state index contributed by atoms with van der Waals surface area (Å²) in [5.74, 6) is -0.236. The van der Waals surface area contributed by atoms with Crippen molar-refractivity contribution >= 4 is 24.4 Å². The summed E-state index contributed by atoms with van der Waals surface area (Å²) in [5, 5.41) is 15.3. The molecule has 0 amide bonds. The lowest BCUT2D eigenvalue weighted by molar-refractivity contribution is 0.0695. The number of hydrazone groups is 1. The molecule has 0 aliphatic carbocycles. The lowest BCUT2D eigenvalue weighted by Crippen LogP contribution is -2.46. The predicted molar refractivity (Wildman–Crippen MR) is 91.0 cm³/mol. The minimum Gasteiger partial charge on any atom is -0.478 e. The Kier molecular flexibility index (Phi) is 4.50. The van der Waals surface area contributed by atoms with Crippen LogP contribution in [0.25, 0.3) is 0 Å². The second kappa shape index (κ2) is 6.72. The molecule has 1 unspecified atom stereocenters. The lowest BCUT2D eigenvalue weighted by Gasteiger charge is -2.25. The molecular weight excluding hydrogens is 312 g/mol. The zero-order chi connectivity index (χ0) is 16.2. The summed E-state index contributed by atoms with van der Waals surface area (Å²) < 4.78 is 0. The van der Waals surface area contributed by atoms with Gasteiger partial charge in [0.2, 0.25) is 0 Å². The smallest absolute Gasteiger partial charge is 0.336 e. The molecule has 6 nitrogen and oxygen atoms in total. The van der Waals surface area contributed by atoms with Crippen molar-refractivity contribution in [2.24, 2.45) is 5.10 Å². The highest BCUT2D eigenvalue weighted by Gasteiger charge is 2.26. The van der Waals surface area contributed by atoms with Gasteiger partial charge in [0.15, 0.2) is 11.3 Å².